The number of nitrogens with one attached hydrogen (secondary N) is 1. The molecular formula is C10H9N3O2. The number of aromatic nitrogens is 3. The van der Waals surface area contributed by atoms with Gasteiger partial charge >= 0.3 is 5.97 Å². The average molecular weight is 203 g/mol. The lowest BCUT2D eigenvalue weighted by molar-refractivity contribution is 0.0696. The largest absolute Gasteiger partial charge is 0.478 e. The second-order valence-electron chi connectivity index (χ2n) is 3.80. The Balaban J connectivity index is 2.13. The number of aromatic carboxylic acids is 1. The number of nitrogens with zero attached hydrogens (tertiary/aromatic N) is 2. The summed E-state index contributed by atoms with van der Waals surface area (Å²) >= 11 is 0. The number of carboxylic acid groups (broad SMARTS) is 1. The van der Waals surface area contributed by atoms with Crippen LogP contribution in [0.4, 0.5) is 0 Å². The molecule has 0 spiro atoms. The van der Waals surface area contributed by atoms with Crippen molar-refractivity contribution in [2.24, 2.45) is 0 Å². The molecule has 15 heavy (non-hydrogen) atoms. The molecule has 0 bridgehead atoms. The molecule has 0 saturated heterocycles. The number of H-pyrrole nitrogens is 1. The van der Waals surface area contributed by atoms with Gasteiger partial charge in [0.25, 0.3) is 0 Å². The Morgan fingerprint density at radius 3 is 3.00 bits per heavy atom. The van der Waals surface area contributed by atoms with E-state index in [1.165, 1.54) is 6.20 Å². The van der Waals surface area contributed by atoms with Gasteiger partial charge in [-0.25, -0.2) is 14.8 Å². The van der Waals surface area contributed by atoms with E-state index in [0.717, 1.165) is 18.7 Å². The molecule has 2 heterocycles. The van der Waals surface area contributed by atoms with Gasteiger partial charge in [0.2, 0.25) is 0 Å². The molecule has 2 aromatic rings. The van der Waals surface area contributed by atoms with E-state index in [0.29, 0.717) is 17.1 Å². The van der Waals surface area contributed by atoms with Crippen LogP contribution in [0.15, 0.2) is 12.3 Å². The van der Waals surface area contributed by atoms with E-state index in [4.69, 9.17) is 5.11 Å². The Morgan fingerprint density at radius 1 is 1.53 bits per heavy atom. The smallest absolute Gasteiger partial charge is 0.337 e. The molecule has 5 heteroatoms. The fourth-order valence-electron chi connectivity index (χ4n) is 1.59. The van der Waals surface area contributed by atoms with Gasteiger partial charge in [0.05, 0.1) is 11.1 Å². The highest BCUT2D eigenvalue weighted by atomic mass is 16.4. The van der Waals surface area contributed by atoms with Crippen molar-refractivity contribution in [2.75, 3.05) is 0 Å². The third-order valence-electron chi connectivity index (χ3n) is 2.57. The average Bonchev–Trinajstić information content (AvgIpc) is 2.97. The summed E-state index contributed by atoms with van der Waals surface area (Å²) in [6.45, 7) is 0. The van der Waals surface area contributed by atoms with E-state index >= 15 is 0 Å². The van der Waals surface area contributed by atoms with Crippen LogP contribution in [-0.2, 0) is 0 Å². The summed E-state index contributed by atoms with van der Waals surface area (Å²) in [6.07, 6.45) is 3.65. The van der Waals surface area contributed by atoms with E-state index < -0.39 is 5.97 Å². The summed E-state index contributed by atoms with van der Waals surface area (Å²) in [5.74, 6) is 0.486. The Morgan fingerprint density at radius 2 is 2.33 bits per heavy atom. The Labute approximate surface area is 85.2 Å². The summed E-state index contributed by atoms with van der Waals surface area (Å²) in [6, 6.07) is 1.57. The molecule has 3 rings (SSSR count). The first kappa shape index (κ1) is 8.40. The number of imidazole rings is 1. The summed E-state index contributed by atoms with van der Waals surface area (Å²) in [4.78, 5) is 22.2. The third kappa shape index (κ3) is 1.36. The van der Waals surface area contributed by atoms with Crippen molar-refractivity contribution in [1.82, 2.24) is 15.0 Å². The monoisotopic (exact) mass is 203 g/mol. The van der Waals surface area contributed by atoms with Crippen LogP contribution in [0.2, 0.25) is 0 Å². The van der Waals surface area contributed by atoms with E-state index in [-0.39, 0.29) is 5.56 Å². The van der Waals surface area contributed by atoms with Gasteiger partial charge in [-0.15, -0.1) is 0 Å². The zero-order valence-corrected chi connectivity index (χ0v) is 7.90. The van der Waals surface area contributed by atoms with Crippen molar-refractivity contribution < 1.29 is 9.90 Å². The molecule has 1 aliphatic rings. The van der Waals surface area contributed by atoms with Gasteiger partial charge in [-0.05, 0) is 18.9 Å². The van der Waals surface area contributed by atoms with Crippen LogP contribution in [0.3, 0.4) is 0 Å². The highest BCUT2D eigenvalue weighted by molar-refractivity contribution is 5.90. The van der Waals surface area contributed by atoms with Crippen LogP contribution in [0, 0.1) is 0 Å². The molecule has 5 nitrogen and oxygen atoms in total. The van der Waals surface area contributed by atoms with Gasteiger partial charge in [-0.1, -0.05) is 0 Å². The lowest BCUT2D eigenvalue weighted by Crippen LogP contribution is -1.96. The number of hydrogen-bond donors (Lipinski definition) is 2. The van der Waals surface area contributed by atoms with Crippen molar-refractivity contribution in [2.45, 2.75) is 18.8 Å². The van der Waals surface area contributed by atoms with Crippen molar-refractivity contribution >= 4 is 17.1 Å². The zero-order chi connectivity index (χ0) is 10.4. The Kier molecular flexibility index (Phi) is 1.56. The van der Waals surface area contributed by atoms with Gasteiger partial charge in [0, 0.05) is 12.1 Å². The van der Waals surface area contributed by atoms with E-state index in [1.54, 1.807) is 6.07 Å². The molecule has 2 aromatic heterocycles. The maximum absolute atomic E-state index is 10.7. The molecule has 0 radical (unpaired) electrons. The Bertz CT molecular complexity index is 543. The molecule has 0 aliphatic heterocycles. The first-order valence-corrected chi connectivity index (χ1v) is 4.83. The number of hydrogen-bond acceptors (Lipinski definition) is 3. The second kappa shape index (κ2) is 2.79. The fraction of sp³-hybridized carbons (Fsp3) is 0.300. The van der Waals surface area contributed by atoms with E-state index in [1.807, 2.05) is 0 Å². The van der Waals surface area contributed by atoms with Gasteiger partial charge in [0.1, 0.15) is 5.82 Å². The minimum Gasteiger partial charge on any atom is -0.478 e. The molecule has 0 unspecified atom stereocenters. The molecule has 1 saturated carbocycles. The first-order valence-electron chi connectivity index (χ1n) is 4.83. The van der Waals surface area contributed by atoms with Gasteiger partial charge in [-0.3, -0.25) is 0 Å². The molecule has 1 fully saturated rings. The summed E-state index contributed by atoms with van der Waals surface area (Å²) in [5.41, 5.74) is 1.49. The summed E-state index contributed by atoms with van der Waals surface area (Å²) < 4.78 is 0. The van der Waals surface area contributed by atoms with Crippen molar-refractivity contribution in [3.8, 4) is 0 Å². The van der Waals surface area contributed by atoms with Crippen LogP contribution in [0.1, 0.15) is 34.9 Å². The minimum absolute atomic E-state index is 0.188. The predicted octanol–water partition coefficient (Wildman–Crippen LogP) is 1.53. The molecular weight excluding hydrogens is 194 g/mol. The topological polar surface area (TPSA) is 78.9 Å². The van der Waals surface area contributed by atoms with Crippen molar-refractivity contribution in [3.63, 3.8) is 0 Å². The number of rotatable bonds is 2. The van der Waals surface area contributed by atoms with Crippen LogP contribution in [0.5, 0.6) is 0 Å². The van der Waals surface area contributed by atoms with Gasteiger partial charge < -0.3 is 10.1 Å². The number of carbonyl (C=O) groups is 1. The summed E-state index contributed by atoms with van der Waals surface area (Å²) in [7, 11) is 0. The highest BCUT2D eigenvalue weighted by Gasteiger charge is 2.27. The fourth-order valence-corrected chi connectivity index (χ4v) is 1.59. The standard InChI is InChI=1S/C10H9N3O2/c14-10(15)6-3-7-9(11-4-6)13-8(12-7)5-1-2-5/h3-5H,1-2H2,(H,14,15)(H,11,12,13). The molecule has 2 N–H and O–H groups in total. The van der Waals surface area contributed by atoms with E-state index in [2.05, 4.69) is 15.0 Å². The summed E-state index contributed by atoms with van der Waals surface area (Å²) in [5, 5.41) is 8.80. The predicted molar refractivity (Wildman–Crippen MR) is 52.8 cm³/mol. The maximum atomic E-state index is 10.7. The van der Waals surface area contributed by atoms with Gasteiger partial charge in [0.15, 0.2) is 5.65 Å². The van der Waals surface area contributed by atoms with E-state index in [9.17, 15) is 4.79 Å². The van der Waals surface area contributed by atoms with Crippen molar-refractivity contribution in [3.05, 3.63) is 23.7 Å². The van der Waals surface area contributed by atoms with Crippen LogP contribution >= 0.6 is 0 Å². The highest BCUT2D eigenvalue weighted by Crippen LogP contribution is 2.38. The molecule has 0 aromatic carbocycles. The lowest BCUT2D eigenvalue weighted by atomic mass is 10.3. The quantitative estimate of drug-likeness (QED) is 0.775. The number of carboxylic acids is 1. The zero-order valence-electron chi connectivity index (χ0n) is 7.90. The van der Waals surface area contributed by atoms with Crippen LogP contribution in [-0.4, -0.2) is 26.0 Å². The molecule has 1 aliphatic carbocycles. The number of pyridine rings is 1. The number of fused-ring (bicyclic) bond motifs is 1. The maximum Gasteiger partial charge on any atom is 0.337 e. The number of aromatic amines is 1. The molecule has 0 atom stereocenters. The normalized spacial score (nSPS) is 15.7. The molecule has 0 amide bonds. The SMILES string of the molecule is O=C(O)c1cnc2nc(C3CC3)[nH]c2c1. The Hall–Kier alpha value is -1.91. The van der Waals surface area contributed by atoms with Crippen molar-refractivity contribution in [1.29, 1.82) is 0 Å². The van der Waals surface area contributed by atoms with Gasteiger partial charge in [-0.2, -0.15) is 0 Å². The minimum atomic E-state index is -0.966. The third-order valence-corrected chi connectivity index (χ3v) is 2.57. The molecule has 76 valence electrons. The van der Waals surface area contributed by atoms with Crippen LogP contribution < -0.4 is 0 Å². The second-order valence-corrected chi connectivity index (χ2v) is 3.80. The van der Waals surface area contributed by atoms with Crippen LogP contribution in [0.25, 0.3) is 11.2 Å². The first-order chi connectivity index (χ1) is 7.24. The lowest BCUT2D eigenvalue weighted by Gasteiger charge is -1.91.